The Labute approximate surface area is 90.5 Å². The largest absolute Gasteiger partial charge is 0.384 e. The molecule has 1 N–H and O–H groups in total. The van der Waals surface area contributed by atoms with Gasteiger partial charge in [0.15, 0.2) is 0 Å². The van der Waals surface area contributed by atoms with Gasteiger partial charge < -0.3 is 5.32 Å². The molecule has 2 heteroatoms. The lowest BCUT2D eigenvalue weighted by Crippen LogP contribution is -2.16. The van der Waals surface area contributed by atoms with E-state index in [0.29, 0.717) is 5.92 Å². The summed E-state index contributed by atoms with van der Waals surface area (Å²) in [5.74, 6) is 0.704. The third-order valence-electron chi connectivity index (χ3n) is 2.92. The van der Waals surface area contributed by atoms with Crippen LogP contribution in [-0.2, 0) is 0 Å². The smallest absolute Gasteiger partial charge is 0.0640 e. The van der Waals surface area contributed by atoms with Crippen LogP contribution < -0.4 is 5.32 Å². The summed E-state index contributed by atoms with van der Waals surface area (Å²) in [5, 5.41) is 4.25. The maximum absolute atomic E-state index is 6.15. The molecular weight excluding hydrogens is 194 g/mol. The predicted molar refractivity (Wildman–Crippen MR) is 62.2 cm³/mol. The summed E-state index contributed by atoms with van der Waals surface area (Å²) in [4.78, 5) is 0. The molecule has 76 valence electrons. The number of halogens is 1. The first-order chi connectivity index (χ1) is 6.83. The maximum atomic E-state index is 6.15. The second-order valence-electron chi connectivity index (χ2n) is 3.91. The molecule has 1 atom stereocenters. The van der Waals surface area contributed by atoms with Crippen molar-refractivity contribution in [2.24, 2.45) is 0 Å². The average Bonchev–Trinajstić information content (AvgIpc) is 2.20. The minimum atomic E-state index is 0.704. The number of hydrogen-bond donors (Lipinski definition) is 1. The Bertz CT molecular complexity index is 322. The summed E-state index contributed by atoms with van der Waals surface area (Å²) in [5.41, 5.74) is 2.57. The molecule has 14 heavy (non-hydrogen) atoms. The van der Waals surface area contributed by atoms with Gasteiger partial charge in [-0.25, -0.2) is 0 Å². The van der Waals surface area contributed by atoms with Crippen LogP contribution in [-0.4, -0.2) is 6.54 Å². The normalized spacial score (nSPS) is 20.0. The molecule has 1 aliphatic heterocycles. The second kappa shape index (κ2) is 4.22. The van der Waals surface area contributed by atoms with Crippen LogP contribution >= 0.6 is 11.6 Å². The van der Waals surface area contributed by atoms with Crippen molar-refractivity contribution < 1.29 is 0 Å². The zero-order chi connectivity index (χ0) is 9.97. The molecule has 1 nitrogen and oxygen atoms in total. The van der Waals surface area contributed by atoms with Crippen LogP contribution in [0.4, 0.5) is 5.69 Å². The van der Waals surface area contributed by atoms with Crippen LogP contribution in [0.1, 0.15) is 37.7 Å². The topological polar surface area (TPSA) is 12.0 Å². The summed E-state index contributed by atoms with van der Waals surface area (Å²) in [6, 6.07) is 6.21. The van der Waals surface area contributed by atoms with Crippen LogP contribution in [0.25, 0.3) is 0 Å². The first kappa shape index (κ1) is 9.85. The van der Waals surface area contributed by atoms with E-state index in [1.54, 1.807) is 0 Å². The van der Waals surface area contributed by atoms with E-state index in [9.17, 15) is 0 Å². The monoisotopic (exact) mass is 209 g/mol. The number of hydrogen-bond acceptors (Lipinski definition) is 1. The van der Waals surface area contributed by atoms with Gasteiger partial charge >= 0.3 is 0 Å². The van der Waals surface area contributed by atoms with E-state index >= 15 is 0 Å². The number of rotatable bonds is 2. The minimum absolute atomic E-state index is 0.704. The van der Waals surface area contributed by atoms with Crippen molar-refractivity contribution in [2.75, 3.05) is 11.9 Å². The quantitative estimate of drug-likeness (QED) is 0.775. The molecule has 0 saturated heterocycles. The third-order valence-corrected chi connectivity index (χ3v) is 3.23. The average molecular weight is 210 g/mol. The molecular formula is C12H16ClN. The molecule has 1 aromatic carbocycles. The summed E-state index contributed by atoms with van der Waals surface area (Å²) in [6.07, 6.45) is 3.76. The van der Waals surface area contributed by atoms with Crippen LogP contribution in [0.3, 0.4) is 0 Å². The second-order valence-corrected chi connectivity index (χ2v) is 4.31. The Morgan fingerprint density at radius 3 is 3.14 bits per heavy atom. The van der Waals surface area contributed by atoms with Gasteiger partial charge in [-0.15, -0.1) is 0 Å². The van der Waals surface area contributed by atoms with Crippen molar-refractivity contribution in [3.8, 4) is 0 Å². The van der Waals surface area contributed by atoms with Crippen molar-refractivity contribution in [1.29, 1.82) is 0 Å². The first-order valence-electron chi connectivity index (χ1n) is 5.35. The fourth-order valence-electron chi connectivity index (χ4n) is 2.24. The number of nitrogens with one attached hydrogen (secondary N) is 1. The Kier molecular flexibility index (Phi) is 2.97. The van der Waals surface area contributed by atoms with Gasteiger partial charge in [-0.05, 0) is 30.4 Å². The molecule has 0 aliphatic carbocycles. The first-order valence-corrected chi connectivity index (χ1v) is 5.73. The molecule has 0 saturated carbocycles. The molecule has 2 rings (SSSR count). The van der Waals surface area contributed by atoms with Gasteiger partial charge in [0.2, 0.25) is 0 Å². The van der Waals surface area contributed by atoms with Crippen molar-refractivity contribution in [1.82, 2.24) is 0 Å². The number of para-hydroxylation sites is 1. The van der Waals surface area contributed by atoms with Gasteiger partial charge in [0.1, 0.15) is 0 Å². The van der Waals surface area contributed by atoms with E-state index < -0.39 is 0 Å². The Morgan fingerprint density at radius 2 is 2.36 bits per heavy atom. The molecule has 0 radical (unpaired) electrons. The van der Waals surface area contributed by atoms with Crippen LogP contribution in [0.5, 0.6) is 0 Å². The molecule has 0 spiro atoms. The zero-order valence-corrected chi connectivity index (χ0v) is 9.27. The highest BCUT2D eigenvalue weighted by Crippen LogP contribution is 2.38. The Morgan fingerprint density at radius 1 is 1.50 bits per heavy atom. The van der Waals surface area contributed by atoms with Gasteiger partial charge in [0.05, 0.1) is 10.7 Å². The standard InChI is InChI=1S/C12H16ClN/c1-2-4-9-7-8-14-12-10(9)5-3-6-11(12)13/h3,5-6,9,14H,2,4,7-8H2,1H3. The van der Waals surface area contributed by atoms with E-state index in [-0.39, 0.29) is 0 Å². The molecule has 1 aliphatic rings. The van der Waals surface area contributed by atoms with Gasteiger partial charge in [0.25, 0.3) is 0 Å². The van der Waals surface area contributed by atoms with Crippen LogP contribution in [0.2, 0.25) is 5.02 Å². The summed E-state index contributed by atoms with van der Waals surface area (Å²) in [6.45, 7) is 3.30. The van der Waals surface area contributed by atoms with Crippen molar-refractivity contribution in [2.45, 2.75) is 32.1 Å². The zero-order valence-electron chi connectivity index (χ0n) is 8.52. The molecule has 0 aromatic heterocycles. The molecule has 0 bridgehead atoms. The minimum Gasteiger partial charge on any atom is -0.384 e. The summed E-state index contributed by atoms with van der Waals surface area (Å²) in [7, 11) is 0. The van der Waals surface area contributed by atoms with Gasteiger partial charge in [-0.1, -0.05) is 37.1 Å². The maximum Gasteiger partial charge on any atom is 0.0640 e. The van der Waals surface area contributed by atoms with Crippen molar-refractivity contribution >= 4 is 17.3 Å². The molecule has 1 aromatic rings. The number of fused-ring (bicyclic) bond motifs is 1. The van der Waals surface area contributed by atoms with Crippen molar-refractivity contribution in [3.63, 3.8) is 0 Å². The molecule has 0 amide bonds. The number of anilines is 1. The van der Waals surface area contributed by atoms with E-state index in [1.165, 1.54) is 30.5 Å². The lowest BCUT2D eigenvalue weighted by Gasteiger charge is -2.27. The van der Waals surface area contributed by atoms with Crippen molar-refractivity contribution in [3.05, 3.63) is 28.8 Å². The summed E-state index contributed by atoms with van der Waals surface area (Å²) >= 11 is 6.15. The molecule has 0 fully saturated rings. The predicted octanol–water partition coefficient (Wildman–Crippen LogP) is 4.04. The van der Waals surface area contributed by atoms with Gasteiger partial charge in [-0.3, -0.25) is 0 Å². The lowest BCUT2D eigenvalue weighted by atomic mass is 9.88. The van der Waals surface area contributed by atoms with Crippen LogP contribution in [0.15, 0.2) is 18.2 Å². The van der Waals surface area contributed by atoms with E-state index in [1.807, 2.05) is 6.07 Å². The van der Waals surface area contributed by atoms with Crippen LogP contribution in [0, 0.1) is 0 Å². The highest BCUT2D eigenvalue weighted by molar-refractivity contribution is 6.33. The lowest BCUT2D eigenvalue weighted by molar-refractivity contribution is 0.571. The SMILES string of the molecule is CCCC1CCNc2c(Cl)cccc21. The highest BCUT2D eigenvalue weighted by Gasteiger charge is 2.20. The van der Waals surface area contributed by atoms with E-state index in [4.69, 9.17) is 11.6 Å². The van der Waals surface area contributed by atoms with Gasteiger partial charge in [-0.2, -0.15) is 0 Å². The fraction of sp³-hybridized carbons (Fsp3) is 0.500. The van der Waals surface area contributed by atoms with E-state index in [0.717, 1.165) is 11.6 Å². The Hall–Kier alpha value is -0.690. The van der Waals surface area contributed by atoms with E-state index in [2.05, 4.69) is 24.4 Å². The fourth-order valence-corrected chi connectivity index (χ4v) is 2.49. The summed E-state index contributed by atoms with van der Waals surface area (Å²) < 4.78 is 0. The third kappa shape index (κ3) is 1.74. The molecule has 1 heterocycles. The Balaban J connectivity index is 2.34. The highest BCUT2D eigenvalue weighted by atomic mass is 35.5. The molecule has 1 unspecified atom stereocenters. The number of benzene rings is 1. The van der Waals surface area contributed by atoms with Gasteiger partial charge in [0, 0.05) is 6.54 Å².